The van der Waals surface area contributed by atoms with Gasteiger partial charge in [0, 0.05) is 0 Å². The first-order valence-corrected chi connectivity index (χ1v) is 6.20. The van der Waals surface area contributed by atoms with Crippen LogP contribution >= 0.6 is 0 Å². The molecule has 1 rings (SSSR count). The van der Waals surface area contributed by atoms with Gasteiger partial charge in [0.1, 0.15) is 0 Å². The molecule has 0 aromatic carbocycles. The molecule has 1 aliphatic carbocycles. The van der Waals surface area contributed by atoms with Gasteiger partial charge in [-0.15, -0.1) is 0 Å². The molecule has 0 spiro atoms. The van der Waals surface area contributed by atoms with E-state index >= 15 is 0 Å². The van der Waals surface area contributed by atoms with Crippen molar-refractivity contribution in [2.45, 2.75) is 53.9 Å². The summed E-state index contributed by atoms with van der Waals surface area (Å²) in [5, 5.41) is 0. The zero-order chi connectivity index (χ0) is 12.3. The van der Waals surface area contributed by atoms with E-state index in [1.54, 1.807) is 6.92 Å². The van der Waals surface area contributed by atoms with Crippen molar-refractivity contribution in [2.24, 2.45) is 11.3 Å². The number of hydrogen-bond acceptors (Lipinski definition) is 1. The molecule has 90 valence electrons. The Morgan fingerprint density at radius 3 is 2.69 bits per heavy atom. The molecule has 1 aliphatic rings. The first-order valence-electron chi connectivity index (χ1n) is 6.20. The molecule has 0 saturated heterocycles. The Morgan fingerprint density at radius 2 is 2.12 bits per heavy atom. The van der Waals surface area contributed by atoms with E-state index in [-0.39, 0.29) is 11.2 Å². The number of ketones is 1. The van der Waals surface area contributed by atoms with E-state index in [9.17, 15) is 4.79 Å². The first-order chi connectivity index (χ1) is 7.35. The molecule has 0 aromatic heterocycles. The fraction of sp³-hybridized carbons (Fsp3) is 0.667. The smallest absolute Gasteiger partial charge is 0.155 e. The van der Waals surface area contributed by atoms with Crippen LogP contribution in [-0.2, 0) is 4.79 Å². The Morgan fingerprint density at radius 1 is 1.50 bits per heavy atom. The summed E-state index contributed by atoms with van der Waals surface area (Å²) in [5.74, 6) is 0.868. The second-order valence-electron chi connectivity index (χ2n) is 5.56. The zero-order valence-corrected chi connectivity index (χ0v) is 11.3. The molecule has 16 heavy (non-hydrogen) atoms. The van der Waals surface area contributed by atoms with Crippen LogP contribution in [0, 0.1) is 11.3 Å². The van der Waals surface area contributed by atoms with Crippen molar-refractivity contribution in [3.8, 4) is 0 Å². The van der Waals surface area contributed by atoms with E-state index in [0.29, 0.717) is 5.92 Å². The van der Waals surface area contributed by atoms with Crippen LogP contribution in [0.5, 0.6) is 0 Å². The summed E-state index contributed by atoms with van der Waals surface area (Å²) < 4.78 is 0. The molecule has 0 N–H and O–H groups in total. The summed E-state index contributed by atoms with van der Waals surface area (Å²) >= 11 is 0. The molecule has 0 radical (unpaired) electrons. The van der Waals surface area contributed by atoms with E-state index < -0.39 is 0 Å². The van der Waals surface area contributed by atoms with E-state index in [1.807, 2.05) is 6.92 Å². The highest BCUT2D eigenvalue weighted by Crippen LogP contribution is 2.43. The largest absolute Gasteiger partial charge is 0.295 e. The second kappa shape index (κ2) is 4.99. The molecular weight excluding hydrogens is 196 g/mol. The monoisotopic (exact) mass is 220 g/mol. The number of allylic oxidation sites excluding steroid dienone is 4. The van der Waals surface area contributed by atoms with Gasteiger partial charge in [0.25, 0.3) is 0 Å². The van der Waals surface area contributed by atoms with Gasteiger partial charge < -0.3 is 0 Å². The summed E-state index contributed by atoms with van der Waals surface area (Å²) in [6.07, 6.45) is 7.94. The standard InChI is InChI=1S/C15H24O/c1-11(13(3)16)9-10-14-8-6-7-12(2)15(14,4)5/h7,9,14H,6,8,10H2,1-5H3/t14-/m0/s1. The Kier molecular flexibility index (Phi) is 4.12. The molecule has 1 heteroatoms. The summed E-state index contributed by atoms with van der Waals surface area (Å²) in [5.41, 5.74) is 2.69. The van der Waals surface area contributed by atoms with Gasteiger partial charge in [0.2, 0.25) is 0 Å². The maximum atomic E-state index is 11.2. The lowest BCUT2D eigenvalue weighted by Gasteiger charge is -2.38. The lowest BCUT2D eigenvalue weighted by molar-refractivity contribution is -0.113. The molecule has 0 heterocycles. The third-order valence-electron chi connectivity index (χ3n) is 4.27. The highest BCUT2D eigenvalue weighted by atomic mass is 16.1. The van der Waals surface area contributed by atoms with E-state index in [1.165, 1.54) is 18.4 Å². The normalized spacial score (nSPS) is 25.2. The quantitative estimate of drug-likeness (QED) is 0.512. The van der Waals surface area contributed by atoms with Gasteiger partial charge in [0.15, 0.2) is 5.78 Å². The molecule has 0 aliphatic heterocycles. The van der Waals surface area contributed by atoms with Crippen LogP contribution in [0.1, 0.15) is 53.9 Å². The second-order valence-corrected chi connectivity index (χ2v) is 5.56. The van der Waals surface area contributed by atoms with Crippen molar-refractivity contribution >= 4 is 5.78 Å². The Balaban J connectivity index is 2.73. The minimum Gasteiger partial charge on any atom is -0.295 e. The van der Waals surface area contributed by atoms with Crippen LogP contribution in [0.2, 0.25) is 0 Å². The highest BCUT2D eigenvalue weighted by molar-refractivity contribution is 5.92. The number of rotatable bonds is 3. The molecule has 0 fully saturated rings. The SMILES string of the molecule is CC(=O)C(C)=CC[C@@H]1CCC=C(C)C1(C)C. The lowest BCUT2D eigenvalue weighted by Crippen LogP contribution is -2.27. The Hall–Kier alpha value is -0.850. The highest BCUT2D eigenvalue weighted by Gasteiger charge is 2.32. The Bertz CT molecular complexity index is 331. The van der Waals surface area contributed by atoms with Crippen LogP contribution in [-0.4, -0.2) is 5.78 Å². The fourth-order valence-corrected chi connectivity index (χ4v) is 2.32. The van der Waals surface area contributed by atoms with Gasteiger partial charge >= 0.3 is 0 Å². The third kappa shape index (κ3) is 2.84. The van der Waals surface area contributed by atoms with Crippen molar-refractivity contribution in [3.05, 3.63) is 23.3 Å². The van der Waals surface area contributed by atoms with Gasteiger partial charge in [-0.2, -0.15) is 0 Å². The predicted molar refractivity (Wildman–Crippen MR) is 69.3 cm³/mol. The van der Waals surface area contributed by atoms with Crippen LogP contribution in [0.4, 0.5) is 0 Å². The van der Waals surface area contributed by atoms with E-state index in [2.05, 4.69) is 32.9 Å². The molecule has 0 saturated carbocycles. The van der Waals surface area contributed by atoms with Crippen molar-refractivity contribution in [1.29, 1.82) is 0 Å². The van der Waals surface area contributed by atoms with Gasteiger partial charge in [-0.05, 0) is 56.9 Å². The summed E-state index contributed by atoms with van der Waals surface area (Å²) in [4.78, 5) is 11.2. The average Bonchev–Trinajstić information content (AvgIpc) is 2.19. The number of carbonyl (C=O) groups is 1. The molecule has 0 bridgehead atoms. The maximum absolute atomic E-state index is 11.2. The maximum Gasteiger partial charge on any atom is 0.155 e. The summed E-state index contributed by atoms with van der Waals surface area (Å²) in [7, 11) is 0. The number of carbonyl (C=O) groups excluding carboxylic acids is 1. The van der Waals surface area contributed by atoms with Gasteiger partial charge in [-0.1, -0.05) is 31.6 Å². The van der Waals surface area contributed by atoms with Crippen LogP contribution < -0.4 is 0 Å². The van der Waals surface area contributed by atoms with Crippen molar-refractivity contribution in [3.63, 3.8) is 0 Å². The van der Waals surface area contributed by atoms with Gasteiger partial charge in [-0.25, -0.2) is 0 Å². The molecular formula is C15H24O. The third-order valence-corrected chi connectivity index (χ3v) is 4.27. The number of hydrogen-bond donors (Lipinski definition) is 0. The van der Waals surface area contributed by atoms with E-state index in [4.69, 9.17) is 0 Å². The topological polar surface area (TPSA) is 17.1 Å². The molecule has 1 atom stereocenters. The van der Waals surface area contributed by atoms with Crippen molar-refractivity contribution in [1.82, 2.24) is 0 Å². The predicted octanol–water partition coefficient (Wildman–Crippen LogP) is 4.29. The minimum absolute atomic E-state index is 0.195. The fourth-order valence-electron chi connectivity index (χ4n) is 2.32. The van der Waals surface area contributed by atoms with Crippen molar-refractivity contribution in [2.75, 3.05) is 0 Å². The zero-order valence-electron chi connectivity index (χ0n) is 11.3. The van der Waals surface area contributed by atoms with Gasteiger partial charge in [0.05, 0.1) is 0 Å². The van der Waals surface area contributed by atoms with E-state index in [0.717, 1.165) is 12.0 Å². The molecule has 1 nitrogen and oxygen atoms in total. The Labute approximate surface area is 99.6 Å². The first kappa shape index (κ1) is 13.2. The molecule has 0 unspecified atom stereocenters. The molecule has 0 amide bonds. The van der Waals surface area contributed by atoms with Crippen LogP contribution in [0.15, 0.2) is 23.3 Å². The van der Waals surface area contributed by atoms with Gasteiger partial charge in [-0.3, -0.25) is 4.79 Å². The summed E-state index contributed by atoms with van der Waals surface area (Å²) in [6, 6.07) is 0. The molecule has 0 aromatic rings. The number of Topliss-reactive ketones (excluding diaryl/α,β-unsaturated/α-hetero) is 1. The van der Waals surface area contributed by atoms with Crippen LogP contribution in [0.25, 0.3) is 0 Å². The minimum atomic E-state index is 0.195. The average molecular weight is 220 g/mol. The van der Waals surface area contributed by atoms with Crippen molar-refractivity contribution < 1.29 is 4.79 Å². The lowest BCUT2D eigenvalue weighted by atomic mass is 9.67. The summed E-state index contributed by atoms with van der Waals surface area (Å²) in [6.45, 7) is 10.4. The van der Waals surface area contributed by atoms with Crippen LogP contribution in [0.3, 0.4) is 0 Å².